The van der Waals surface area contributed by atoms with Gasteiger partial charge >= 0.3 is 0 Å². The lowest BCUT2D eigenvalue weighted by Crippen LogP contribution is -2.28. The third-order valence-corrected chi connectivity index (χ3v) is 9.74. The molecule has 0 saturated heterocycles. The number of nitrogens with zero attached hydrogens (tertiary/aromatic N) is 2. The van der Waals surface area contributed by atoms with Gasteiger partial charge in [0.15, 0.2) is 0 Å². The molecule has 2 nitrogen and oxygen atoms in total. The standard InChI is InChI=1S/C30H29N2P/c1-3-30(26-16-8-4-9-17-26)32-31-25(2)24-33(27-18-10-5-11-19-27,28-20-12-6-13-21-28)29-22-14-7-15-23-29/h4-24H,3H2,1-2H3/b31-25-,32-30+. The number of hydrogen-bond donors (Lipinski definition) is 0. The SMILES string of the molecule is CC/C(=N\N=C(\C)C=P(c1ccccc1)(c1ccccc1)c1ccccc1)c1ccccc1. The van der Waals surface area contributed by atoms with E-state index in [2.05, 4.69) is 128 Å². The van der Waals surface area contributed by atoms with E-state index in [0.29, 0.717) is 0 Å². The minimum atomic E-state index is -2.07. The van der Waals surface area contributed by atoms with Crippen LogP contribution in [0.15, 0.2) is 132 Å². The Balaban J connectivity index is 1.95. The van der Waals surface area contributed by atoms with Gasteiger partial charge in [0.1, 0.15) is 0 Å². The second-order valence-corrected chi connectivity index (χ2v) is 11.1. The van der Waals surface area contributed by atoms with Gasteiger partial charge in [-0.1, -0.05) is 128 Å². The van der Waals surface area contributed by atoms with Crippen LogP contribution in [0, 0.1) is 0 Å². The van der Waals surface area contributed by atoms with Gasteiger partial charge in [0.2, 0.25) is 0 Å². The molecule has 0 amide bonds. The molecule has 0 bridgehead atoms. The van der Waals surface area contributed by atoms with E-state index in [0.717, 1.165) is 23.4 Å². The molecule has 0 N–H and O–H groups in total. The van der Waals surface area contributed by atoms with Gasteiger partial charge in [-0.3, -0.25) is 0 Å². The number of hydrogen-bond acceptors (Lipinski definition) is 2. The summed E-state index contributed by atoms with van der Waals surface area (Å²) < 4.78 is 0. The minimum absolute atomic E-state index is 0.830. The Bertz CT molecular complexity index is 1170. The third kappa shape index (κ3) is 5.13. The van der Waals surface area contributed by atoms with E-state index in [-0.39, 0.29) is 0 Å². The Morgan fingerprint density at radius 2 is 1.00 bits per heavy atom. The fourth-order valence-corrected chi connectivity index (χ4v) is 7.95. The highest BCUT2D eigenvalue weighted by Gasteiger charge is 2.25. The highest BCUT2D eigenvalue weighted by molar-refractivity contribution is 7.95. The highest BCUT2D eigenvalue weighted by atomic mass is 31.2. The van der Waals surface area contributed by atoms with Crippen molar-refractivity contribution in [3.63, 3.8) is 0 Å². The van der Waals surface area contributed by atoms with Crippen molar-refractivity contribution in [1.82, 2.24) is 0 Å². The van der Waals surface area contributed by atoms with Crippen molar-refractivity contribution in [3.05, 3.63) is 127 Å². The molecular formula is C30H29N2P. The number of benzene rings is 4. The maximum atomic E-state index is 4.71. The third-order valence-electron chi connectivity index (χ3n) is 5.64. The van der Waals surface area contributed by atoms with Crippen LogP contribution in [0.3, 0.4) is 0 Å². The van der Waals surface area contributed by atoms with Gasteiger partial charge < -0.3 is 0 Å². The first-order chi connectivity index (χ1) is 16.2. The normalized spacial score (nSPS) is 12.4. The van der Waals surface area contributed by atoms with Gasteiger partial charge in [-0.2, -0.15) is 10.2 Å². The summed E-state index contributed by atoms with van der Waals surface area (Å²) in [6, 6.07) is 42.7. The van der Waals surface area contributed by atoms with E-state index in [1.807, 2.05) is 18.2 Å². The first-order valence-corrected chi connectivity index (χ1v) is 13.2. The molecule has 0 unspecified atom stereocenters. The molecule has 0 spiro atoms. The molecule has 0 heterocycles. The van der Waals surface area contributed by atoms with Crippen molar-refractivity contribution in [1.29, 1.82) is 0 Å². The Morgan fingerprint density at radius 3 is 1.39 bits per heavy atom. The van der Waals surface area contributed by atoms with E-state index in [1.54, 1.807) is 0 Å². The predicted octanol–water partition coefficient (Wildman–Crippen LogP) is 6.06. The van der Waals surface area contributed by atoms with E-state index in [4.69, 9.17) is 5.10 Å². The largest absolute Gasteiger partial charge is 0.156 e. The van der Waals surface area contributed by atoms with Crippen LogP contribution in [0.1, 0.15) is 25.8 Å². The van der Waals surface area contributed by atoms with Crippen LogP contribution in [-0.2, 0) is 0 Å². The van der Waals surface area contributed by atoms with Gasteiger partial charge in [0.25, 0.3) is 0 Å². The smallest absolute Gasteiger partial charge is 0.0700 e. The summed E-state index contributed by atoms with van der Waals surface area (Å²) in [5, 5.41) is 13.3. The maximum Gasteiger partial charge on any atom is 0.0700 e. The van der Waals surface area contributed by atoms with Crippen LogP contribution in [0.5, 0.6) is 0 Å². The molecule has 0 atom stereocenters. The van der Waals surface area contributed by atoms with E-state index in [9.17, 15) is 0 Å². The summed E-state index contributed by atoms with van der Waals surface area (Å²) in [5.74, 6) is 2.36. The van der Waals surface area contributed by atoms with Crippen molar-refractivity contribution in [2.75, 3.05) is 0 Å². The van der Waals surface area contributed by atoms with Crippen LogP contribution in [0.25, 0.3) is 0 Å². The van der Waals surface area contributed by atoms with Crippen LogP contribution >= 0.6 is 6.89 Å². The monoisotopic (exact) mass is 448 g/mol. The summed E-state index contributed by atoms with van der Waals surface area (Å²) in [7, 11) is 0. The Kier molecular flexibility index (Phi) is 7.50. The zero-order valence-electron chi connectivity index (χ0n) is 19.2. The molecule has 0 aliphatic heterocycles. The Labute approximate surface area is 197 Å². The van der Waals surface area contributed by atoms with Crippen LogP contribution < -0.4 is 15.9 Å². The molecule has 0 aliphatic rings. The average Bonchev–Trinajstić information content (AvgIpc) is 2.90. The average molecular weight is 449 g/mol. The molecule has 164 valence electrons. The van der Waals surface area contributed by atoms with Gasteiger partial charge in [-0.05, 0) is 47.5 Å². The van der Waals surface area contributed by atoms with E-state index in [1.165, 1.54) is 15.9 Å². The molecule has 4 aromatic carbocycles. The lowest BCUT2D eigenvalue weighted by Gasteiger charge is -2.28. The van der Waals surface area contributed by atoms with Crippen molar-refractivity contribution >= 4 is 40.0 Å². The van der Waals surface area contributed by atoms with Crippen molar-refractivity contribution in [3.8, 4) is 0 Å². The summed E-state index contributed by atoms with van der Waals surface area (Å²) >= 11 is 0. The summed E-state index contributed by atoms with van der Waals surface area (Å²) in [4.78, 5) is 0. The van der Waals surface area contributed by atoms with Gasteiger partial charge in [-0.25, -0.2) is 0 Å². The van der Waals surface area contributed by atoms with Crippen molar-refractivity contribution in [2.24, 2.45) is 10.2 Å². The molecule has 0 radical (unpaired) electrons. The zero-order valence-corrected chi connectivity index (χ0v) is 20.1. The van der Waals surface area contributed by atoms with E-state index < -0.39 is 6.89 Å². The fraction of sp³-hybridized carbons (Fsp3) is 0.100. The van der Waals surface area contributed by atoms with Crippen molar-refractivity contribution in [2.45, 2.75) is 20.3 Å². The fourth-order valence-electron chi connectivity index (χ4n) is 4.07. The lowest BCUT2D eigenvalue weighted by molar-refractivity contribution is 1.17. The summed E-state index contributed by atoms with van der Waals surface area (Å²) in [6.07, 6.45) is 0.830. The quantitative estimate of drug-likeness (QED) is 0.187. The van der Waals surface area contributed by atoms with Crippen molar-refractivity contribution < 1.29 is 0 Å². The second-order valence-electron chi connectivity index (χ2n) is 7.87. The van der Waals surface area contributed by atoms with Crippen LogP contribution in [0.2, 0.25) is 0 Å². The second kappa shape index (κ2) is 10.9. The van der Waals surface area contributed by atoms with E-state index >= 15 is 0 Å². The molecule has 33 heavy (non-hydrogen) atoms. The minimum Gasteiger partial charge on any atom is -0.156 e. The Hall–Kier alpha value is -3.48. The first-order valence-electron chi connectivity index (χ1n) is 11.3. The highest BCUT2D eigenvalue weighted by Crippen LogP contribution is 2.43. The lowest BCUT2D eigenvalue weighted by atomic mass is 10.1. The van der Waals surface area contributed by atoms with Crippen LogP contribution in [-0.4, -0.2) is 17.2 Å². The summed E-state index contributed by atoms with van der Waals surface area (Å²) in [5.41, 5.74) is 3.03. The Morgan fingerprint density at radius 1 is 0.606 bits per heavy atom. The molecule has 4 rings (SSSR count). The van der Waals surface area contributed by atoms with Crippen LogP contribution in [0.4, 0.5) is 0 Å². The van der Waals surface area contributed by atoms with Gasteiger partial charge in [0.05, 0.1) is 11.4 Å². The molecule has 0 fully saturated rings. The molecular weight excluding hydrogens is 419 g/mol. The zero-order chi connectivity index (χ0) is 22.9. The molecule has 3 heteroatoms. The molecule has 4 aromatic rings. The predicted molar refractivity (Wildman–Crippen MR) is 148 cm³/mol. The molecule has 0 aromatic heterocycles. The summed E-state index contributed by atoms with van der Waals surface area (Å²) in [6.45, 7) is 2.11. The maximum absolute atomic E-state index is 4.71. The number of rotatable bonds is 7. The molecule has 0 aliphatic carbocycles. The van der Waals surface area contributed by atoms with Gasteiger partial charge in [0, 0.05) is 0 Å². The van der Waals surface area contributed by atoms with Gasteiger partial charge in [-0.15, -0.1) is 0 Å². The molecule has 0 saturated carbocycles. The topological polar surface area (TPSA) is 24.7 Å². The first kappa shape index (κ1) is 22.7.